The molecule has 0 saturated carbocycles. The molecule has 0 aliphatic rings. The maximum atomic E-state index is 12.9. The first-order chi connectivity index (χ1) is 9.58. The third kappa shape index (κ3) is 3.44. The van der Waals surface area contributed by atoms with Crippen LogP contribution in [0.4, 0.5) is 4.39 Å². The van der Waals surface area contributed by atoms with Gasteiger partial charge in [0.05, 0.1) is 12.5 Å². The number of aromatic nitrogens is 2. The molecule has 1 aromatic heterocycles. The number of carbonyl (C=O) groups excluding carboxylic acids is 1. The first kappa shape index (κ1) is 14.2. The van der Waals surface area contributed by atoms with Crippen LogP contribution >= 0.6 is 0 Å². The minimum Gasteiger partial charge on any atom is -0.351 e. The molecule has 4 nitrogen and oxygen atoms in total. The Morgan fingerprint density at radius 3 is 2.70 bits per heavy atom. The second kappa shape index (κ2) is 6.32. The number of amides is 1. The molecule has 2 rings (SSSR count). The first-order valence-corrected chi connectivity index (χ1v) is 6.64. The molecular weight excluding hydrogens is 257 g/mol. The zero-order valence-corrected chi connectivity index (χ0v) is 11.6. The smallest absolute Gasteiger partial charge is 0.269 e. The molecule has 0 unspecified atom stereocenters. The van der Waals surface area contributed by atoms with Crippen molar-refractivity contribution in [2.45, 2.75) is 20.3 Å². The van der Waals surface area contributed by atoms with Gasteiger partial charge in [-0.15, -0.1) is 0 Å². The minimum atomic E-state index is -0.309. The Labute approximate surface area is 117 Å². The Bertz CT molecular complexity index is 575. The number of nitrogens with one attached hydrogen (secondary N) is 1. The van der Waals surface area contributed by atoms with Crippen molar-refractivity contribution in [1.29, 1.82) is 0 Å². The molecule has 1 N–H and O–H groups in total. The largest absolute Gasteiger partial charge is 0.351 e. The summed E-state index contributed by atoms with van der Waals surface area (Å²) in [5.41, 5.74) is 1.15. The summed E-state index contributed by atoms with van der Waals surface area (Å²) >= 11 is 0. The summed E-state index contributed by atoms with van der Waals surface area (Å²) in [6.07, 6.45) is 3.98. The molecule has 1 amide bonds. The molecule has 0 radical (unpaired) electrons. The van der Waals surface area contributed by atoms with Crippen LogP contribution in [-0.4, -0.2) is 22.0 Å². The van der Waals surface area contributed by atoms with Gasteiger partial charge in [-0.25, -0.2) is 9.37 Å². The average molecular weight is 275 g/mol. The average Bonchev–Trinajstić information content (AvgIpc) is 2.88. The van der Waals surface area contributed by atoms with Crippen LogP contribution in [0.15, 0.2) is 36.8 Å². The normalized spacial score (nSPS) is 10.8. The number of hydrogen-bond acceptors (Lipinski definition) is 2. The number of nitrogens with zero attached hydrogens (tertiary/aromatic N) is 2. The standard InChI is InChI=1S/C15H18FN3O/c1-11(2)7-8-18-15(20)14-9-17-10-19(14)13-5-3-12(16)4-6-13/h3-6,9-11H,7-8H2,1-2H3,(H,18,20). The van der Waals surface area contributed by atoms with Crippen molar-refractivity contribution < 1.29 is 9.18 Å². The number of halogens is 1. The molecule has 0 saturated heterocycles. The third-order valence-electron chi connectivity index (χ3n) is 2.98. The number of hydrogen-bond donors (Lipinski definition) is 1. The maximum absolute atomic E-state index is 12.9. The van der Waals surface area contributed by atoms with Gasteiger partial charge in [0.2, 0.25) is 0 Å². The molecule has 0 aliphatic heterocycles. The predicted molar refractivity (Wildman–Crippen MR) is 75.3 cm³/mol. The van der Waals surface area contributed by atoms with Crippen molar-refractivity contribution in [2.75, 3.05) is 6.54 Å². The van der Waals surface area contributed by atoms with E-state index in [9.17, 15) is 9.18 Å². The zero-order valence-electron chi connectivity index (χ0n) is 11.6. The van der Waals surface area contributed by atoms with Crippen molar-refractivity contribution >= 4 is 5.91 Å². The molecule has 0 atom stereocenters. The van der Waals surface area contributed by atoms with Gasteiger partial charge >= 0.3 is 0 Å². The van der Waals surface area contributed by atoms with Gasteiger partial charge in [0.15, 0.2) is 0 Å². The van der Waals surface area contributed by atoms with Crippen LogP contribution in [0.3, 0.4) is 0 Å². The fraction of sp³-hybridized carbons (Fsp3) is 0.333. The molecule has 1 heterocycles. The molecule has 1 aromatic carbocycles. The molecule has 0 bridgehead atoms. The quantitative estimate of drug-likeness (QED) is 0.912. The summed E-state index contributed by atoms with van der Waals surface area (Å²) in [7, 11) is 0. The van der Waals surface area contributed by atoms with E-state index < -0.39 is 0 Å². The van der Waals surface area contributed by atoms with Gasteiger partial charge in [0.1, 0.15) is 11.5 Å². The lowest BCUT2D eigenvalue weighted by Crippen LogP contribution is -2.27. The van der Waals surface area contributed by atoms with Gasteiger partial charge in [-0.05, 0) is 36.6 Å². The van der Waals surface area contributed by atoms with Gasteiger partial charge < -0.3 is 5.32 Å². The zero-order chi connectivity index (χ0) is 14.5. The summed E-state index contributed by atoms with van der Waals surface area (Å²) in [5, 5.41) is 2.86. The van der Waals surface area contributed by atoms with Gasteiger partial charge in [0, 0.05) is 12.2 Å². The molecule has 20 heavy (non-hydrogen) atoms. The number of rotatable bonds is 5. The van der Waals surface area contributed by atoms with E-state index in [1.54, 1.807) is 23.0 Å². The molecule has 0 spiro atoms. The van der Waals surface area contributed by atoms with E-state index in [0.29, 0.717) is 23.8 Å². The van der Waals surface area contributed by atoms with E-state index in [2.05, 4.69) is 24.1 Å². The van der Waals surface area contributed by atoms with Gasteiger partial charge in [-0.2, -0.15) is 0 Å². The monoisotopic (exact) mass is 275 g/mol. The van der Waals surface area contributed by atoms with E-state index in [4.69, 9.17) is 0 Å². The lowest BCUT2D eigenvalue weighted by molar-refractivity contribution is 0.0945. The van der Waals surface area contributed by atoms with Crippen LogP contribution in [0.1, 0.15) is 30.8 Å². The second-order valence-corrected chi connectivity index (χ2v) is 5.06. The Balaban J connectivity index is 2.12. The van der Waals surface area contributed by atoms with E-state index in [1.165, 1.54) is 18.3 Å². The molecular formula is C15H18FN3O. The highest BCUT2D eigenvalue weighted by Crippen LogP contribution is 2.12. The third-order valence-corrected chi connectivity index (χ3v) is 2.98. The number of carbonyl (C=O) groups is 1. The fourth-order valence-corrected chi connectivity index (χ4v) is 1.84. The number of imidazole rings is 1. The highest BCUT2D eigenvalue weighted by molar-refractivity contribution is 5.92. The van der Waals surface area contributed by atoms with Gasteiger partial charge in [-0.1, -0.05) is 13.8 Å². The van der Waals surface area contributed by atoms with E-state index in [-0.39, 0.29) is 11.7 Å². The second-order valence-electron chi connectivity index (χ2n) is 5.06. The Morgan fingerprint density at radius 2 is 2.05 bits per heavy atom. The van der Waals surface area contributed by atoms with E-state index in [0.717, 1.165) is 6.42 Å². The summed E-state index contributed by atoms with van der Waals surface area (Å²) in [6, 6.07) is 5.94. The SMILES string of the molecule is CC(C)CCNC(=O)c1cncn1-c1ccc(F)cc1. The summed E-state index contributed by atoms with van der Waals surface area (Å²) in [5.74, 6) is 0.0570. The minimum absolute atomic E-state index is 0.174. The van der Waals surface area contributed by atoms with Crippen molar-refractivity contribution in [3.05, 3.63) is 48.3 Å². The van der Waals surface area contributed by atoms with Crippen molar-refractivity contribution in [3.8, 4) is 5.69 Å². The molecule has 5 heteroatoms. The van der Waals surface area contributed by atoms with Crippen LogP contribution < -0.4 is 5.32 Å². The van der Waals surface area contributed by atoms with E-state index >= 15 is 0 Å². The summed E-state index contributed by atoms with van der Waals surface area (Å²) < 4.78 is 14.6. The van der Waals surface area contributed by atoms with E-state index in [1.807, 2.05) is 0 Å². The lowest BCUT2D eigenvalue weighted by Gasteiger charge is -2.09. The highest BCUT2D eigenvalue weighted by atomic mass is 19.1. The van der Waals surface area contributed by atoms with Crippen molar-refractivity contribution in [1.82, 2.24) is 14.9 Å². The van der Waals surface area contributed by atoms with Crippen molar-refractivity contribution in [3.63, 3.8) is 0 Å². The van der Waals surface area contributed by atoms with Crippen molar-refractivity contribution in [2.24, 2.45) is 5.92 Å². The molecule has 0 aliphatic carbocycles. The molecule has 0 fully saturated rings. The highest BCUT2D eigenvalue weighted by Gasteiger charge is 2.12. The van der Waals surface area contributed by atoms with Gasteiger partial charge in [-0.3, -0.25) is 9.36 Å². The van der Waals surface area contributed by atoms with Gasteiger partial charge in [0.25, 0.3) is 5.91 Å². The topological polar surface area (TPSA) is 46.9 Å². The molecule has 2 aromatic rings. The van der Waals surface area contributed by atoms with Crippen LogP contribution in [0, 0.1) is 11.7 Å². The Hall–Kier alpha value is -2.17. The number of benzene rings is 1. The lowest BCUT2D eigenvalue weighted by atomic mass is 10.1. The van der Waals surface area contributed by atoms with Crippen LogP contribution in [0.5, 0.6) is 0 Å². The van der Waals surface area contributed by atoms with Crippen LogP contribution in [0.2, 0.25) is 0 Å². The predicted octanol–water partition coefficient (Wildman–Crippen LogP) is 2.79. The summed E-state index contributed by atoms with van der Waals surface area (Å²) in [4.78, 5) is 16.1. The summed E-state index contributed by atoms with van der Waals surface area (Å²) in [6.45, 7) is 4.84. The Morgan fingerprint density at radius 1 is 1.35 bits per heavy atom. The van der Waals surface area contributed by atoms with Crippen LogP contribution in [-0.2, 0) is 0 Å². The van der Waals surface area contributed by atoms with Crippen LogP contribution in [0.25, 0.3) is 5.69 Å². The first-order valence-electron chi connectivity index (χ1n) is 6.64. The Kier molecular flexibility index (Phi) is 4.50. The fourth-order valence-electron chi connectivity index (χ4n) is 1.84. The molecule has 106 valence electrons. The maximum Gasteiger partial charge on any atom is 0.269 e.